The van der Waals surface area contributed by atoms with Gasteiger partial charge in [-0.25, -0.2) is 4.98 Å². The van der Waals surface area contributed by atoms with Crippen molar-refractivity contribution in [2.75, 3.05) is 23.8 Å². The summed E-state index contributed by atoms with van der Waals surface area (Å²) in [5.74, 6) is 0.502. The van der Waals surface area contributed by atoms with Crippen LogP contribution in [0.4, 0.5) is 17.2 Å². The van der Waals surface area contributed by atoms with E-state index in [1.165, 1.54) is 0 Å². The Morgan fingerprint density at radius 2 is 1.96 bits per heavy atom. The summed E-state index contributed by atoms with van der Waals surface area (Å²) in [6.07, 6.45) is 3.13. The van der Waals surface area contributed by atoms with Gasteiger partial charge in [-0.2, -0.15) is 0 Å². The smallest absolute Gasteiger partial charge is 0.228 e. The first-order valence-corrected chi connectivity index (χ1v) is 8.45. The highest BCUT2D eigenvalue weighted by Gasteiger charge is 2.21. The number of rotatable bonds is 4. The zero-order valence-electron chi connectivity index (χ0n) is 12.9. The number of pyridine rings is 1. The van der Waals surface area contributed by atoms with Crippen LogP contribution in [0.2, 0.25) is 10.0 Å². The molecule has 3 rings (SSSR count). The van der Waals surface area contributed by atoms with Crippen LogP contribution in [0, 0.1) is 5.92 Å². The molecule has 24 heavy (non-hydrogen) atoms. The van der Waals surface area contributed by atoms with E-state index in [1.807, 2.05) is 18.2 Å². The normalized spacial score (nSPS) is 15.1. The quantitative estimate of drug-likeness (QED) is 0.837. The molecule has 0 aliphatic carbocycles. The number of aromatic nitrogens is 1. The molecule has 0 saturated carbocycles. The number of halogens is 2. The first-order valence-electron chi connectivity index (χ1n) is 7.69. The molecule has 2 aromatic rings. The van der Waals surface area contributed by atoms with Gasteiger partial charge in [0.25, 0.3) is 0 Å². The lowest BCUT2D eigenvalue weighted by Crippen LogP contribution is -2.28. The number of hydrogen-bond donors (Lipinski definition) is 2. The zero-order valence-corrected chi connectivity index (χ0v) is 14.4. The third-order valence-electron chi connectivity index (χ3n) is 3.84. The number of ether oxygens (including phenoxy) is 1. The summed E-state index contributed by atoms with van der Waals surface area (Å²) in [5.41, 5.74) is 1.45. The van der Waals surface area contributed by atoms with Crippen molar-refractivity contribution < 1.29 is 9.53 Å². The molecule has 126 valence electrons. The third kappa shape index (κ3) is 4.17. The fraction of sp³-hybridized carbons (Fsp3) is 0.294. The second kappa shape index (κ2) is 7.83. The van der Waals surface area contributed by atoms with E-state index in [0.717, 1.165) is 18.5 Å². The molecular weight excluding hydrogens is 349 g/mol. The van der Waals surface area contributed by atoms with Crippen LogP contribution in [-0.4, -0.2) is 24.1 Å². The number of anilines is 3. The van der Waals surface area contributed by atoms with Gasteiger partial charge in [0, 0.05) is 19.1 Å². The minimum Gasteiger partial charge on any atom is -0.381 e. The molecule has 0 bridgehead atoms. The molecule has 5 nitrogen and oxygen atoms in total. The average molecular weight is 366 g/mol. The van der Waals surface area contributed by atoms with Gasteiger partial charge in [0.1, 0.15) is 5.82 Å². The van der Waals surface area contributed by atoms with Gasteiger partial charge in [0.15, 0.2) is 0 Å². The zero-order chi connectivity index (χ0) is 16.9. The molecule has 1 amide bonds. The summed E-state index contributed by atoms with van der Waals surface area (Å²) in [5, 5.41) is 6.93. The number of amides is 1. The Balaban J connectivity index is 1.62. The van der Waals surface area contributed by atoms with Crippen LogP contribution in [0.15, 0.2) is 36.5 Å². The van der Waals surface area contributed by atoms with Crippen LogP contribution in [0.1, 0.15) is 12.8 Å². The maximum absolute atomic E-state index is 12.2. The van der Waals surface area contributed by atoms with Crippen molar-refractivity contribution in [3.63, 3.8) is 0 Å². The SMILES string of the molecule is O=C(Nc1ccc(Nc2cccc(Cl)c2Cl)cn1)C1CCOCC1. The summed E-state index contributed by atoms with van der Waals surface area (Å²) in [7, 11) is 0. The molecule has 1 aliphatic rings. The Bertz CT molecular complexity index is 716. The Kier molecular flexibility index (Phi) is 5.56. The van der Waals surface area contributed by atoms with Gasteiger partial charge in [-0.3, -0.25) is 4.79 Å². The fourth-order valence-corrected chi connectivity index (χ4v) is 2.83. The molecule has 0 radical (unpaired) electrons. The number of carbonyl (C=O) groups excluding carboxylic acids is 1. The predicted molar refractivity (Wildman–Crippen MR) is 96.2 cm³/mol. The van der Waals surface area contributed by atoms with Crippen molar-refractivity contribution in [2.45, 2.75) is 12.8 Å². The highest BCUT2D eigenvalue weighted by Crippen LogP contribution is 2.31. The number of benzene rings is 1. The first-order chi connectivity index (χ1) is 11.6. The van der Waals surface area contributed by atoms with E-state index in [1.54, 1.807) is 18.3 Å². The van der Waals surface area contributed by atoms with Crippen LogP contribution < -0.4 is 10.6 Å². The van der Waals surface area contributed by atoms with E-state index in [4.69, 9.17) is 27.9 Å². The molecule has 1 fully saturated rings. The van der Waals surface area contributed by atoms with Crippen molar-refractivity contribution in [2.24, 2.45) is 5.92 Å². The van der Waals surface area contributed by atoms with Crippen molar-refractivity contribution in [1.29, 1.82) is 0 Å². The molecule has 1 saturated heterocycles. The maximum atomic E-state index is 12.2. The summed E-state index contributed by atoms with van der Waals surface area (Å²) >= 11 is 12.1. The van der Waals surface area contributed by atoms with Crippen LogP contribution in [0.3, 0.4) is 0 Å². The Hall–Kier alpha value is -1.82. The monoisotopic (exact) mass is 365 g/mol. The van der Waals surface area contributed by atoms with Gasteiger partial charge in [0.05, 0.1) is 27.6 Å². The summed E-state index contributed by atoms with van der Waals surface area (Å²) in [6.45, 7) is 1.27. The fourth-order valence-electron chi connectivity index (χ4n) is 2.49. The summed E-state index contributed by atoms with van der Waals surface area (Å²) in [4.78, 5) is 16.4. The summed E-state index contributed by atoms with van der Waals surface area (Å²) in [6, 6.07) is 8.94. The standard InChI is InChI=1S/C17H17Cl2N3O2/c18-13-2-1-3-14(16(13)19)21-12-4-5-15(20-10-12)22-17(23)11-6-8-24-9-7-11/h1-5,10-11,21H,6-9H2,(H,20,22,23). The Morgan fingerprint density at radius 3 is 2.67 bits per heavy atom. The second-order valence-corrected chi connectivity index (χ2v) is 6.32. The average Bonchev–Trinajstić information content (AvgIpc) is 2.61. The molecule has 0 unspecified atom stereocenters. The van der Waals surface area contributed by atoms with Crippen molar-refractivity contribution >= 4 is 46.3 Å². The van der Waals surface area contributed by atoms with Gasteiger partial charge >= 0.3 is 0 Å². The van der Waals surface area contributed by atoms with Crippen molar-refractivity contribution in [1.82, 2.24) is 4.98 Å². The van der Waals surface area contributed by atoms with E-state index >= 15 is 0 Å². The Labute approximate surface area is 150 Å². The van der Waals surface area contributed by atoms with E-state index in [9.17, 15) is 4.79 Å². The lowest BCUT2D eigenvalue weighted by molar-refractivity contribution is -0.122. The van der Waals surface area contributed by atoms with E-state index in [2.05, 4.69) is 15.6 Å². The molecule has 0 spiro atoms. The molecule has 1 aromatic carbocycles. The number of nitrogens with zero attached hydrogens (tertiary/aromatic N) is 1. The number of nitrogens with one attached hydrogen (secondary N) is 2. The van der Waals surface area contributed by atoms with Gasteiger partial charge in [0.2, 0.25) is 5.91 Å². The minimum atomic E-state index is -0.0105. The lowest BCUT2D eigenvalue weighted by Gasteiger charge is -2.21. The minimum absolute atomic E-state index is 0.00982. The Morgan fingerprint density at radius 1 is 1.17 bits per heavy atom. The lowest BCUT2D eigenvalue weighted by atomic mass is 9.99. The maximum Gasteiger partial charge on any atom is 0.228 e. The van der Waals surface area contributed by atoms with Gasteiger partial charge in [-0.15, -0.1) is 0 Å². The molecule has 1 aromatic heterocycles. The van der Waals surface area contributed by atoms with Crippen LogP contribution in [0.5, 0.6) is 0 Å². The van der Waals surface area contributed by atoms with Gasteiger partial charge < -0.3 is 15.4 Å². The van der Waals surface area contributed by atoms with E-state index in [0.29, 0.717) is 34.8 Å². The van der Waals surface area contributed by atoms with Gasteiger partial charge in [-0.1, -0.05) is 29.3 Å². The van der Waals surface area contributed by atoms with Crippen molar-refractivity contribution in [3.8, 4) is 0 Å². The first kappa shape index (κ1) is 17.0. The number of hydrogen-bond acceptors (Lipinski definition) is 4. The topological polar surface area (TPSA) is 63.2 Å². The number of carbonyl (C=O) groups is 1. The van der Waals surface area contributed by atoms with Crippen LogP contribution in [0.25, 0.3) is 0 Å². The van der Waals surface area contributed by atoms with E-state index < -0.39 is 0 Å². The molecule has 1 aliphatic heterocycles. The molecule has 0 atom stereocenters. The molecule has 2 N–H and O–H groups in total. The molecular formula is C17H17Cl2N3O2. The second-order valence-electron chi connectivity index (χ2n) is 5.53. The third-order valence-corrected chi connectivity index (χ3v) is 4.66. The van der Waals surface area contributed by atoms with E-state index in [-0.39, 0.29) is 11.8 Å². The highest BCUT2D eigenvalue weighted by atomic mass is 35.5. The van der Waals surface area contributed by atoms with Crippen molar-refractivity contribution in [3.05, 3.63) is 46.6 Å². The predicted octanol–water partition coefficient (Wildman–Crippen LogP) is 4.50. The van der Waals surface area contributed by atoms with Crippen LogP contribution >= 0.6 is 23.2 Å². The van der Waals surface area contributed by atoms with Gasteiger partial charge in [-0.05, 0) is 37.1 Å². The molecule has 7 heteroatoms. The summed E-state index contributed by atoms with van der Waals surface area (Å²) < 4.78 is 5.27. The molecule has 2 heterocycles. The largest absolute Gasteiger partial charge is 0.381 e. The highest BCUT2D eigenvalue weighted by molar-refractivity contribution is 6.43. The van der Waals surface area contributed by atoms with Crippen LogP contribution in [-0.2, 0) is 9.53 Å².